The number of benzene rings is 2. The molecule has 0 aromatic heterocycles. The fourth-order valence-electron chi connectivity index (χ4n) is 1.66. The zero-order chi connectivity index (χ0) is 14.5. The number of para-hydroxylation sites is 1. The summed E-state index contributed by atoms with van der Waals surface area (Å²) in [5.41, 5.74) is 0.459. The Morgan fingerprint density at radius 2 is 1.65 bits per heavy atom. The molecule has 0 bridgehead atoms. The number of carbonyl (C=O) groups excluding carboxylic acids is 1. The van der Waals surface area contributed by atoms with Crippen molar-refractivity contribution in [3.63, 3.8) is 0 Å². The highest BCUT2D eigenvalue weighted by Crippen LogP contribution is 2.34. The summed E-state index contributed by atoms with van der Waals surface area (Å²) in [6.45, 7) is -0.280. The lowest BCUT2D eigenvalue weighted by molar-refractivity contribution is 0.0918. The van der Waals surface area contributed by atoms with Gasteiger partial charge in [-0.25, -0.2) is 0 Å². The van der Waals surface area contributed by atoms with Crippen molar-refractivity contribution in [3.8, 4) is 23.0 Å². The Hall–Kier alpha value is -2.69. The molecular weight excluding hydrogens is 260 g/mol. The van der Waals surface area contributed by atoms with Crippen LogP contribution < -0.4 is 9.47 Å². The SMILES string of the molecule is COc1ccc(C(=O)COc2c(O)cccc2O)cc1. The van der Waals surface area contributed by atoms with Crippen LogP contribution in [0.4, 0.5) is 0 Å². The first kappa shape index (κ1) is 13.7. The smallest absolute Gasteiger partial charge is 0.203 e. The van der Waals surface area contributed by atoms with Gasteiger partial charge >= 0.3 is 0 Å². The van der Waals surface area contributed by atoms with Crippen molar-refractivity contribution in [3.05, 3.63) is 48.0 Å². The number of phenolic OH excluding ortho intramolecular Hbond substituents is 2. The van der Waals surface area contributed by atoms with E-state index in [0.717, 1.165) is 0 Å². The highest BCUT2D eigenvalue weighted by Gasteiger charge is 2.12. The van der Waals surface area contributed by atoms with E-state index in [2.05, 4.69) is 0 Å². The molecule has 2 rings (SSSR count). The van der Waals surface area contributed by atoms with Crippen molar-refractivity contribution in [2.45, 2.75) is 0 Å². The Labute approximate surface area is 116 Å². The molecule has 2 aromatic rings. The minimum atomic E-state index is -0.280. The first-order valence-corrected chi connectivity index (χ1v) is 5.93. The lowest BCUT2D eigenvalue weighted by Crippen LogP contribution is -2.11. The van der Waals surface area contributed by atoms with Crippen molar-refractivity contribution >= 4 is 5.78 Å². The maximum absolute atomic E-state index is 11.9. The van der Waals surface area contributed by atoms with Crippen molar-refractivity contribution in [2.75, 3.05) is 13.7 Å². The van der Waals surface area contributed by atoms with Crippen LogP contribution in [0.3, 0.4) is 0 Å². The largest absolute Gasteiger partial charge is 0.504 e. The Balaban J connectivity index is 2.04. The Morgan fingerprint density at radius 3 is 2.20 bits per heavy atom. The molecule has 5 heteroatoms. The van der Waals surface area contributed by atoms with Gasteiger partial charge in [0.05, 0.1) is 7.11 Å². The number of hydrogen-bond acceptors (Lipinski definition) is 5. The molecule has 0 aliphatic heterocycles. The van der Waals surface area contributed by atoms with Crippen molar-refractivity contribution in [1.29, 1.82) is 0 Å². The second-order valence-corrected chi connectivity index (χ2v) is 4.07. The predicted octanol–water partition coefficient (Wildman–Crippen LogP) is 2.37. The van der Waals surface area contributed by atoms with Crippen LogP contribution in [-0.4, -0.2) is 29.7 Å². The molecule has 0 aliphatic carbocycles. The van der Waals surface area contributed by atoms with Crippen LogP contribution in [-0.2, 0) is 0 Å². The third kappa shape index (κ3) is 3.00. The van der Waals surface area contributed by atoms with Gasteiger partial charge < -0.3 is 19.7 Å². The molecule has 20 heavy (non-hydrogen) atoms. The van der Waals surface area contributed by atoms with E-state index in [1.54, 1.807) is 31.4 Å². The van der Waals surface area contributed by atoms with E-state index in [4.69, 9.17) is 9.47 Å². The molecule has 0 aliphatic rings. The summed E-state index contributed by atoms with van der Waals surface area (Å²) in [5, 5.41) is 19.1. The maximum atomic E-state index is 11.9. The quantitative estimate of drug-likeness (QED) is 0.819. The fraction of sp³-hybridized carbons (Fsp3) is 0.133. The predicted molar refractivity (Wildman–Crippen MR) is 72.6 cm³/mol. The van der Waals surface area contributed by atoms with E-state index in [9.17, 15) is 15.0 Å². The van der Waals surface area contributed by atoms with Gasteiger partial charge in [0, 0.05) is 5.56 Å². The van der Waals surface area contributed by atoms with Crippen LogP contribution >= 0.6 is 0 Å². The van der Waals surface area contributed by atoms with Gasteiger partial charge in [-0.05, 0) is 36.4 Å². The lowest BCUT2D eigenvalue weighted by Gasteiger charge is -2.09. The number of carbonyl (C=O) groups is 1. The van der Waals surface area contributed by atoms with Gasteiger partial charge in [-0.3, -0.25) is 4.79 Å². The van der Waals surface area contributed by atoms with Gasteiger partial charge in [-0.15, -0.1) is 0 Å². The third-order valence-corrected chi connectivity index (χ3v) is 2.73. The first-order valence-electron chi connectivity index (χ1n) is 5.93. The highest BCUT2D eigenvalue weighted by atomic mass is 16.5. The van der Waals surface area contributed by atoms with E-state index in [1.807, 2.05) is 0 Å². The summed E-state index contributed by atoms with van der Waals surface area (Å²) in [5.74, 6) is -0.148. The molecule has 0 heterocycles. The first-order chi connectivity index (χ1) is 9.61. The maximum Gasteiger partial charge on any atom is 0.203 e. The van der Waals surface area contributed by atoms with Crippen molar-refractivity contribution in [1.82, 2.24) is 0 Å². The molecule has 0 fully saturated rings. The molecule has 0 saturated heterocycles. The summed E-state index contributed by atoms with van der Waals surface area (Å²) >= 11 is 0. The number of hydrogen-bond donors (Lipinski definition) is 2. The topological polar surface area (TPSA) is 76.0 Å². The minimum absolute atomic E-state index is 0.102. The molecule has 5 nitrogen and oxygen atoms in total. The minimum Gasteiger partial charge on any atom is -0.504 e. The average Bonchev–Trinajstić information content (AvgIpc) is 2.46. The highest BCUT2D eigenvalue weighted by molar-refractivity contribution is 5.97. The van der Waals surface area contributed by atoms with E-state index in [1.165, 1.54) is 18.2 Å². The van der Waals surface area contributed by atoms with Crippen molar-refractivity contribution in [2.24, 2.45) is 0 Å². The molecule has 0 amide bonds. The average molecular weight is 274 g/mol. The summed E-state index contributed by atoms with van der Waals surface area (Å²) in [4.78, 5) is 11.9. The molecule has 0 unspecified atom stereocenters. The summed E-state index contributed by atoms with van der Waals surface area (Å²) in [7, 11) is 1.54. The van der Waals surface area contributed by atoms with Gasteiger partial charge in [0.25, 0.3) is 0 Å². The zero-order valence-electron chi connectivity index (χ0n) is 10.9. The standard InChI is InChI=1S/C15H14O5/c1-19-11-7-5-10(6-8-11)14(18)9-20-15-12(16)3-2-4-13(15)17/h2-8,16-17H,9H2,1H3. The molecule has 2 N–H and O–H groups in total. The second kappa shape index (κ2) is 5.97. The number of rotatable bonds is 5. The van der Waals surface area contributed by atoms with Crippen LogP contribution in [0.25, 0.3) is 0 Å². The van der Waals surface area contributed by atoms with Gasteiger partial charge in [-0.1, -0.05) is 6.07 Å². The molecule has 0 saturated carbocycles. The Bertz CT molecular complexity index is 584. The number of methoxy groups -OCH3 is 1. The number of aromatic hydroxyl groups is 2. The van der Waals surface area contributed by atoms with Crippen LogP contribution in [0.2, 0.25) is 0 Å². The summed E-state index contributed by atoms with van der Waals surface area (Å²) in [6, 6.07) is 10.8. The van der Waals surface area contributed by atoms with Gasteiger partial charge in [0.1, 0.15) is 5.75 Å². The van der Waals surface area contributed by atoms with Gasteiger partial charge in [-0.2, -0.15) is 0 Å². The number of ketones is 1. The van der Waals surface area contributed by atoms with Crippen LogP contribution in [0.5, 0.6) is 23.0 Å². The number of ether oxygens (including phenoxy) is 2. The molecule has 104 valence electrons. The fourth-order valence-corrected chi connectivity index (χ4v) is 1.66. The number of phenols is 2. The Morgan fingerprint density at radius 1 is 1.05 bits per heavy atom. The summed E-state index contributed by atoms with van der Waals surface area (Å²) < 4.78 is 10.2. The molecular formula is C15H14O5. The van der Waals surface area contributed by atoms with Crippen molar-refractivity contribution < 1.29 is 24.5 Å². The molecule has 0 atom stereocenters. The third-order valence-electron chi connectivity index (χ3n) is 2.73. The second-order valence-electron chi connectivity index (χ2n) is 4.07. The molecule has 0 spiro atoms. The zero-order valence-corrected chi connectivity index (χ0v) is 10.9. The lowest BCUT2D eigenvalue weighted by atomic mass is 10.1. The number of Topliss-reactive ketones (excluding diaryl/α,β-unsaturated/α-hetero) is 1. The van der Waals surface area contributed by atoms with E-state index in [-0.39, 0.29) is 29.6 Å². The van der Waals surface area contributed by atoms with Crippen LogP contribution in [0.1, 0.15) is 10.4 Å². The van der Waals surface area contributed by atoms with Crippen LogP contribution in [0.15, 0.2) is 42.5 Å². The monoisotopic (exact) mass is 274 g/mol. The molecule has 2 aromatic carbocycles. The molecule has 0 radical (unpaired) electrons. The normalized spacial score (nSPS) is 10.1. The van der Waals surface area contributed by atoms with Gasteiger partial charge in [0.15, 0.2) is 23.9 Å². The Kier molecular flexibility index (Phi) is 4.10. The van der Waals surface area contributed by atoms with Gasteiger partial charge in [0.2, 0.25) is 5.75 Å². The van der Waals surface area contributed by atoms with E-state index < -0.39 is 0 Å². The van der Waals surface area contributed by atoms with E-state index in [0.29, 0.717) is 11.3 Å². The summed E-state index contributed by atoms with van der Waals surface area (Å²) in [6.07, 6.45) is 0. The van der Waals surface area contributed by atoms with Crippen LogP contribution in [0, 0.1) is 0 Å². The van der Waals surface area contributed by atoms with E-state index >= 15 is 0 Å².